The molecule has 2 atom stereocenters. The number of hydrogen-bond acceptors (Lipinski definition) is 5. The van der Waals surface area contributed by atoms with Crippen LogP contribution in [0, 0.1) is 0 Å². The van der Waals surface area contributed by atoms with Gasteiger partial charge in [-0.2, -0.15) is 10.1 Å². The van der Waals surface area contributed by atoms with Crippen LogP contribution in [0.15, 0.2) is 29.3 Å². The predicted molar refractivity (Wildman–Crippen MR) is 130 cm³/mol. The van der Waals surface area contributed by atoms with Gasteiger partial charge in [0.1, 0.15) is 5.65 Å². The minimum absolute atomic E-state index is 0. The van der Waals surface area contributed by atoms with Gasteiger partial charge >= 0.3 is 0 Å². The second-order valence-electron chi connectivity index (χ2n) is 8.65. The Hall–Kier alpha value is -2.55. The van der Waals surface area contributed by atoms with Gasteiger partial charge in [-0.15, -0.1) is 12.4 Å². The summed E-state index contributed by atoms with van der Waals surface area (Å²) in [6.07, 6.45) is 7.08. The van der Waals surface area contributed by atoms with Gasteiger partial charge in [0.05, 0.1) is 15.9 Å². The zero-order chi connectivity index (χ0) is 21.3. The Kier molecular flexibility index (Phi) is 5.19. The lowest BCUT2D eigenvalue weighted by atomic mass is 10.0. The fraction of sp³-hybridized carbons (Fsp3) is 0.409. The van der Waals surface area contributed by atoms with Crippen molar-refractivity contribution < 1.29 is 0 Å². The van der Waals surface area contributed by atoms with E-state index >= 15 is 0 Å². The van der Waals surface area contributed by atoms with Crippen LogP contribution in [0.25, 0.3) is 33.1 Å². The van der Waals surface area contributed by atoms with Gasteiger partial charge in [0, 0.05) is 61.6 Å². The lowest BCUT2D eigenvalue weighted by Gasteiger charge is -2.30. The van der Waals surface area contributed by atoms with Crippen LogP contribution in [0.2, 0.25) is 5.02 Å². The summed E-state index contributed by atoms with van der Waals surface area (Å²) in [6, 6.07) is 4.66. The number of anilines is 1. The van der Waals surface area contributed by atoms with Gasteiger partial charge < -0.3 is 15.2 Å². The van der Waals surface area contributed by atoms with Crippen molar-refractivity contribution in [2.45, 2.75) is 31.3 Å². The number of rotatable bonds is 2. The van der Waals surface area contributed by atoms with Crippen LogP contribution in [0.4, 0.5) is 5.95 Å². The number of aryl methyl sites for hydroxylation is 1. The third-order valence-electron chi connectivity index (χ3n) is 6.80. The molecule has 0 radical (unpaired) electrons. The van der Waals surface area contributed by atoms with Crippen molar-refractivity contribution in [3.05, 3.63) is 39.9 Å². The van der Waals surface area contributed by atoms with Crippen molar-refractivity contribution in [3.63, 3.8) is 0 Å². The molecule has 0 aliphatic carbocycles. The summed E-state index contributed by atoms with van der Waals surface area (Å²) in [4.78, 5) is 24.1. The molecule has 0 unspecified atom stereocenters. The van der Waals surface area contributed by atoms with Crippen LogP contribution in [0.5, 0.6) is 0 Å². The summed E-state index contributed by atoms with van der Waals surface area (Å²) in [5, 5.41) is 9.95. The number of hydrogen-bond donors (Lipinski definition) is 2. The normalized spacial score (nSPS) is 20.7. The van der Waals surface area contributed by atoms with E-state index in [1.807, 2.05) is 38.6 Å². The lowest BCUT2D eigenvalue weighted by Crippen LogP contribution is -2.41. The van der Waals surface area contributed by atoms with Crippen molar-refractivity contribution in [2.75, 3.05) is 18.0 Å². The maximum Gasteiger partial charge on any atom is 0.264 e. The van der Waals surface area contributed by atoms with Gasteiger partial charge in [-0.05, 0) is 31.9 Å². The maximum absolute atomic E-state index is 13.5. The predicted octanol–water partition coefficient (Wildman–Crippen LogP) is 3.22. The first-order chi connectivity index (χ1) is 15.0. The molecule has 168 valence electrons. The highest BCUT2D eigenvalue weighted by Gasteiger charge is 2.37. The Morgan fingerprint density at radius 1 is 1.12 bits per heavy atom. The number of aromatic nitrogens is 5. The fourth-order valence-corrected chi connectivity index (χ4v) is 5.60. The first kappa shape index (κ1) is 21.3. The molecule has 2 fully saturated rings. The van der Waals surface area contributed by atoms with E-state index in [9.17, 15) is 4.79 Å². The van der Waals surface area contributed by atoms with Crippen molar-refractivity contribution >= 4 is 51.9 Å². The minimum atomic E-state index is -0.0600. The van der Waals surface area contributed by atoms with E-state index in [4.69, 9.17) is 16.6 Å². The molecule has 2 N–H and O–H groups in total. The molecular weight excluding hydrogens is 449 g/mol. The van der Waals surface area contributed by atoms with Crippen LogP contribution in [-0.4, -0.2) is 49.5 Å². The number of nitrogens with one attached hydrogen (secondary N) is 2. The molecule has 5 heterocycles. The molecule has 0 spiro atoms. The molecule has 32 heavy (non-hydrogen) atoms. The number of aromatic amines is 1. The van der Waals surface area contributed by atoms with E-state index in [1.165, 1.54) is 0 Å². The highest BCUT2D eigenvalue weighted by atomic mass is 35.5. The van der Waals surface area contributed by atoms with Crippen LogP contribution in [-0.2, 0) is 14.1 Å². The first-order valence-electron chi connectivity index (χ1n) is 10.7. The van der Waals surface area contributed by atoms with Crippen molar-refractivity contribution in [2.24, 2.45) is 14.1 Å². The Bertz CT molecular complexity index is 1370. The van der Waals surface area contributed by atoms with E-state index in [2.05, 4.69) is 20.3 Å². The third-order valence-corrected chi connectivity index (χ3v) is 7.21. The number of nitrogens with zero attached hydrogens (tertiary/aromatic N) is 5. The van der Waals surface area contributed by atoms with Gasteiger partial charge in [-0.3, -0.25) is 14.0 Å². The molecular formula is C22H25Cl2N7O. The molecule has 2 aliphatic rings. The Labute approximate surface area is 196 Å². The Morgan fingerprint density at radius 3 is 2.78 bits per heavy atom. The summed E-state index contributed by atoms with van der Waals surface area (Å²) < 4.78 is 3.44. The maximum atomic E-state index is 13.5. The van der Waals surface area contributed by atoms with Crippen LogP contribution < -0.4 is 15.8 Å². The molecule has 0 amide bonds. The second-order valence-corrected chi connectivity index (χ2v) is 9.03. The molecule has 8 nitrogen and oxygen atoms in total. The SMILES string of the molecule is Cl.Cn1cc2c(Cl)c(-c3c[nH]c4nc(N5[C@H]6CCNC[C@@H]5CC6)n(C)c(=O)c34)ccc2n1. The Balaban J connectivity index is 0.00000216. The zero-order valence-corrected chi connectivity index (χ0v) is 19.5. The monoisotopic (exact) mass is 473 g/mol. The molecule has 4 aromatic rings. The molecule has 1 aromatic carbocycles. The van der Waals surface area contributed by atoms with Crippen molar-refractivity contribution in [3.8, 4) is 11.1 Å². The van der Waals surface area contributed by atoms with Gasteiger partial charge in [0.25, 0.3) is 5.56 Å². The van der Waals surface area contributed by atoms with E-state index in [0.29, 0.717) is 28.1 Å². The lowest BCUT2D eigenvalue weighted by molar-refractivity contribution is 0.567. The first-order valence-corrected chi connectivity index (χ1v) is 11.1. The van der Waals surface area contributed by atoms with Crippen molar-refractivity contribution in [1.29, 1.82) is 0 Å². The molecule has 10 heteroatoms. The molecule has 3 aromatic heterocycles. The Morgan fingerprint density at radius 2 is 1.94 bits per heavy atom. The minimum Gasteiger partial charge on any atom is -0.345 e. The third kappa shape index (κ3) is 3.04. The van der Waals surface area contributed by atoms with Gasteiger partial charge in [0.2, 0.25) is 5.95 Å². The largest absolute Gasteiger partial charge is 0.345 e. The summed E-state index contributed by atoms with van der Waals surface area (Å²) >= 11 is 6.74. The van der Waals surface area contributed by atoms with Crippen LogP contribution in [0.1, 0.15) is 19.3 Å². The second kappa shape index (κ2) is 7.79. The quantitative estimate of drug-likeness (QED) is 0.466. The van der Waals surface area contributed by atoms with E-state index in [-0.39, 0.29) is 18.0 Å². The van der Waals surface area contributed by atoms with Crippen LogP contribution >= 0.6 is 24.0 Å². The molecule has 2 saturated heterocycles. The standard InChI is InChI=1S/C22H24ClN7O.ClH/c1-28-11-16-17(27-28)6-5-14(19(16)23)15-10-25-20-18(15)21(31)29(2)22(26-20)30-12-3-4-13(30)9-24-8-7-12;/h5-6,10-13,24-25H,3-4,7-9H2,1-2H3;1H/t12-,13+;/m1./s1. The summed E-state index contributed by atoms with van der Waals surface area (Å²) in [6.45, 7) is 1.94. The van der Waals surface area contributed by atoms with E-state index < -0.39 is 0 Å². The van der Waals surface area contributed by atoms with Gasteiger partial charge in [-0.1, -0.05) is 17.7 Å². The molecule has 6 rings (SSSR count). The smallest absolute Gasteiger partial charge is 0.264 e. The number of benzene rings is 1. The number of halogens is 2. The highest BCUT2D eigenvalue weighted by molar-refractivity contribution is 6.38. The van der Waals surface area contributed by atoms with E-state index in [1.54, 1.807) is 9.25 Å². The average molecular weight is 474 g/mol. The number of fused-ring (bicyclic) bond motifs is 4. The van der Waals surface area contributed by atoms with Gasteiger partial charge in [-0.25, -0.2) is 0 Å². The fourth-order valence-electron chi connectivity index (χ4n) is 5.29. The number of H-pyrrole nitrogens is 1. The molecule has 2 bridgehead atoms. The summed E-state index contributed by atoms with van der Waals surface area (Å²) in [7, 11) is 3.69. The zero-order valence-electron chi connectivity index (χ0n) is 17.9. The average Bonchev–Trinajstić information content (AvgIpc) is 3.39. The highest BCUT2D eigenvalue weighted by Crippen LogP contribution is 2.37. The summed E-state index contributed by atoms with van der Waals surface area (Å²) in [5.41, 5.74) is 2.95. The van der Waals surface area contributed by atoms with Gasteiger partial charge in [0.15, 0.2) is 0 Å². The molecule has 0 saturated carbocycles. The van der Waals surface area contributed by atoms with Crippen LogP contribution in [0.3, 0.4) is 0 Å². The topological polar surface area (TPSA) is 83.8 Å². The van der Waals surface area contributed by atoms with Crippen molar-refractivity contribution in [1.82, 2.24) is 29.6 Å². The molecule has 2 aliphatic heterocycles. The van der Waals surface area contributed by atoms with E-state index in [0.717, 1.165) is 60.3 Å². The summed E-state index contributed by atoms with van der Waals surface area (Å²) in [5.74, 6) is 0.746.